The second-order valence-electron chi connectivity index (χ2n) is 6.87. The Labute approximate surface area is 175 Å². The molecule has 3 N–H and O–H groups in total. The van der Waals surface area contributed by atoms with Gasteiger partial charge in [0.15, 0.2) is 11.5 Å². The third kappa shape index (κ3) is 4.93. The Balaban J connectivity index is 1.86. The zero-order valence-corrected chi connectivity index (χ0v) is 17.7. The Morgan fingerprint density at radius 3 is 2.30 bits per heavy atom. The second-order valence-corrected chi connectivity index (χ2v) is 6.87. The van der Waals surface area contributed by atoms with Crippen molar-refractivity contribution in [2.75, 3.05) is 33.9 Å². The van der Waals surface area contributed by atoms with Gasteiger partial charge in [0.05, 0.1) is 14.2 Å². The van der Waals surface area contributed by atoms with Crippen molar-refractivity contribution in [3.8, 4) is 17.2 Å². The molecule has 0 radical (unpaired) electrons. The molecule has 4 amide bonds. The predicted octanol–water partition coefficient (Wildman–Crippen LogP) is 0.670. The van der Waals surface area contributed by atoms with Crippen LogP contribution < -0.4 is 24.8 Å². The molecule has 10 heteroatoms. The number of imide groups is 1. The lowest BCUT2D eigenvalue weighted by atomic mass is 9.93. The first-order valence-corrected chi connectivity index (χ1v) is 9.74. The van der Waals surface area contributed by atoms with E-state index in [1.165, 1.54) is 14.2 Å². The van der Waals surface area contributed by atoms with E-state index in [9.17, 15) is 19.5 Å². The number of carbonyl (C=O) groups excluding carboxylic acids is 3. The molecule has 1 saturated heterocycles. The number of nitrogens with zero attached hydrogens (tertiary/aromatic N) is 1. The van der Waals surface area contributed by atoms with E-state index in [1.807, 2.05) is 0 Å². The highest BCUT2D eigenvalue weighted by Gasteiger charge is 2.49. The number of aliphatic hydroxyl groups is 1. The Hall–Kier alpha value is -3.01. The Morgan fingerprint density at radius 1 is 1.20 bits per heavy atom. The van der Waals surface area contributed by atoms with Crippen LogP contribution in [0.15, 0.2) is 18.2 Å². The molecule has 0 spiro atoms. The third-order valence-electron chi connectivity index (χ3n) is 5.09. The zero-order valence-electron chi connectivity index (χ0n) is 17.7. The minimum atomic E-state index is -1.03. The fourth-order valence-electron chi connectivity index (χ4n) is 3.18. The molecule has 1 aliphatic heterocycles. The summed E-state index contributed by atoms with van der Waals surface area (Å²) >= 11 is 0. The van der Waals surface area contributed by atoms with E-state index in [0.29, 0.717) is 30.1 Å². The van der Waals surface area contributed by atoms with Gasteiger partial charge in [-0.25, -0.2) is 4.79 Å². The molecule has 0 aliphatic carbocycles. The molecule has 30 heavy (non-hydrogen) atoms. The fraction of sp³-hybridized carbons (Fsp3) is 0.550. The van der Waals surface area contributed by atoms with Gasteiger partial charge >= 0.3 is 6.03 Å². The number of para-hydroxylation sites is 1. The van der Waals surface area contributed by atoms with Crippen molar-refractivity contribution in [2.24, 2.45) is 0 Å². The van der Waals surface area contributed by atoms with Crippen LogP contribution in [0.1, 0.15) is 26.7 Å². The number of aliphatic hydroxyl groups excluding tert-OH is 1. The predicted molar refractivity (Wildman–Crippen MR) is 108 cm³/mol. The van der Waals surface area contributed by atoms with Crippen molar-refractivity contribution in [1.82, 2.24) is 15.5 Å². The van der Waals surface area contributed by atoms with Crippen molar-refractivity contribution >= 4 is 17.8 Å². The highest BCUT2D eigenvalue weighted by atomic mass is 16.5. The average molecular weight is 423 g/mol. The molecular formula is C20H29N3O7. The topological polar surface area (TPSA) is 126 Å². The van der Waals surface area contributed by atoms with E-state index < -0.39 is 36.0 Å². The summed E-state index contributed by atoms with van der Waals surface area (Å²) in [5.74, 6) is 0.247. The maximum absolute atomic E-state index is 12.5. The quantitative estimate of drug-likeness (QED) is 0.447. The van der Waals surface area contributed by atoms with Crippen LogP contribution >= 0.6 is 0 Å². The highest BCUT2D eigenvalue weighted by molar-refractivity contribution is 6.08. The van der Waals surface area contributed by atoms with Gasteiger partial charge in [-0.15, -0.1) is 0 Å². The van der Waals surface area contributed by atoms with Gasteiger partial charge in [-0.1, -0.05) is 19.9 Å². The summed E-state index contributed by atoms with van der Waals surface area (Å²) in [6.07, 6.45) is -0.152. The van der Waals surface area contributed by atoms with E-state index in [2.05, 4.69) is 10.6 Å². The van der Waals surface area contributed by atoms with Gasteiger partial charge in [0.2, 0.25) is 11.7 Å². The molecule has 1 atom stereocenters. The number of rotatable bonds is 11. The Kier molecular flexibility index (Phi) is 7.87. The SMILES string of the molecule is CCC1(CC)NC(=O)N(CC(=O)NCC(O)COc2c(OC)cccc2OC)C1=O. The molecule has 1 heterocycles. The lowest BCUT2D eigenvalue weighted by molar-refractivity contribution is -0.135. The Morgan fingerprint density at radius 2 is 1.80 bits per heavy atom. The van der Waals surface area contributed by atoms with E-state index in [0.717, 1.165) is 4.90 Å². The molecule has 0 aromatic heterocycles. The number of amides is 4. The van der Waals surface area contributed by atoms with Gasteiger partial charge in [0.25, 0.3) is 5.91 Å². The third-order valence-corrected chi connectivity index (χ3v) is 5.09. The summed E-state index contributed by atoms with van der Waals surface area (Å²) in [6, 6.07) is 4.53. The normalized spacial score (nSPS) is 16.1. The van der Waals surface area contributed by atoms with Crippen LogP contribution in [0, 0.1) is 0 Å². The van der Waals surface area contributed by atoms with Crippen molar-refractivity contribution in [2.45, 2.75) is 38.3 Å². The molecule has 166 valence electrons. The van der Waals surface area contributed by atoms with Crippen molar-refractivity contribution < 1.29 is 33.7 Å². The number of ether oxygens (including phenoxy) is 3. The molecule has 1 fully saturated rings. The van der Waals surface area contributed by atoms with Gasteiger partial charge in [-0.2, -0.15) is 0 Å². The molecule has 2 rings (SSSR count). The lowest BCUT2D eigenvalue weighted by Crippen LogP contribution is -2.47. The molecule has 1 aliphatic rings. The number of carbonyl (C=O) groups is 3. The molecular weight excluding hydrogens is 394 g/mol. The number of methoxy groups -OCH3 is 2. The van der Waals surface area contributed by atoms with Crippen LogP contribution in [0.25, 0.3) is 0 Å². The largest absolute Gasteiger partial charge is 0.493 e. The summed E-state index contributed by atoms with van der Waals surface area (Å²) in [6.45, 7) is 2.94. The molecule has 1 unspecified atom stereocenters. The number of nitrogens with one attached hydrogen (secondary N) is 2. The van der Waals surface area contributed by atoms with Crippen LogP contribution in [0.5, 0.6) is 17.2 Å². The molecule has 0 bridgehead atoms. The minimum Gasteiger partial charge on any atom is -0.493 e. The van der Waals surface area contributed by atoms with E-state index in [1.54, 1.807) is 32.0 Å². The fourth-order valence-corrected chi connectivity index (χ4v) is 3.18. The summed E-state index contributed by atoms with van der Waals surface area (Å²) in [5, 5.41) is 15.3. The molecule has 1 aromatic carbocycles. The van der Waals surface area contributed by atoms with Crippen molar-refractivity contribution in [1.29, 1.82) is 0 Å². The van der Waals surface area contributed by atoms with Crippen LogP contribution in [0.2, 0.25) is 0 Å². The summed E-state index contributed by atoms with van der Waals surface area (Å²) in [7, 11) is 2.97. The average Bonchev–Trinajstić information content (AvgIpc) is 3.00. The summed E-state index contributed by atoms with van der Waals surface area (Å²) in [4.78, 5) is 37.7. The molecule has 0 saturated carbocycles. The van der Waals surface area contributed by atoms with Gasteiger partial charge in [0, 0.05) is 6.54 Å². The van der Waals surface area contributed by atoms with E-state index in [4.69, 9.17) is 14.2 Å². The first-order valence-electron chi connectivity index (χ1n) is 9.74. The maximum atomic E-state index is 12.5. The summed E-state index contributed by atoms with van der Waals surface area (Å²) < 4.78 is 16.0. The number of hydrogen-bond donors (Lipinski definition) is 3. The maximum Gasteiger partial charge on any atom is 0.325 e. The smallest absolute Gasteiger partial charge is 0.325 e. The standard InChI is InChI=1S/C20H29N3O7/c1-5-20(6-2)18(26)23(19(27)22-20)11-16(25)21-10-13(24)12-30-17-14(28-3)8-7-9-15(17)29-4/h7-9,13,24H,5-6,10-12H2,1-4H3,(H,21,25)(H,22,27). The highest BCUT2D eigenvalue weighted by Crippen LogP contribution is 2.36. The van der Waals surface area contributed by atoms with Crippen LogP contribution in [-0.4, -0.2) is 73.4 Å². The number of hydrogen-bond acceptors (Lipinski definition) is 7. The first-order chi connectivity index (χ1) is 14.3. The summed E-state index contributed by atoms with van der Waals surface area (Å²) in [5.41, 5.74) is -0.960. The van der Waals surface area contributed by atoms with E-state index in [-0.39, 0.29) is 13.2 Å². The number of urea groups is 1. The zero-order chi connectivity index (χ0) is 22.3. The molecule has 1 aromatic rings. The Bertz CT molecular complexity index is 757. The monoisotopic (exact) mass is 423 g/mol. The van der Waals surface area contributed by atoms with Gasteiger partial charge in [0.1, 0.15) is 24.8 Å². The number of benzene rings is 1. The molecule has 10 nitrogen and oxygen atoms in total. The van der Waals surface area contributed by atoms with Gasteiger partial charge < -0.3 is 30.0 Å². The van der Waals surface area contributed by atoms with Crippen LogP contribution in [0.4, 0.5) is 4.79 Å². The van der Waals surface area contributed by atoms with Crippen molar-refractivity contribution in [3.05, 3.63) is 18.2 Å². The van der Waals surface area contributed by atoms with E-state index >= 15 is 0 Å². The van der Waals surface area contributed by atoms with Crippen molar-refractivity contribution in [3.63, 3.8) is 0 Å². The first kappa shape index (κ1) is 23.3. The van der Waals surface area contributed by atoms with Gasteiger partial charge in [-0.05, 0) is 25.0 Å². The van der Waals surface area contributed by atoms with Gasteiger partial charge in [-0.3, -0.25) is 14.5 Å². The second kappa shape index (κ2) is 10.1. The van der Waals surface area contributed by atoms with Crippen LogP contribution in [0.3, 0.4) is 0 Å². The van der Waals surface area contributed by atoms with Crippen LogP contribution in [-0.2, 0) is 9.59 Å². The minimum absolute atomic E-state index is 0.118. The lowest BCUT2D eigenvalue weighted by Gasteiger charge is -2.23.